The largest absolute Gasteiger partial charge is 0.372 e. The summed E-state index contributed by atoms with van der Waals surface area (Å²) >= 11 is 0. The van der Waals surface area contributed by atoms with E-state index in [0.29, 0.717) is 51.9 Å². The van der Waals surface area contributed by atoms with E-state index >= 15 is 0 Å². The van der Waals surface area contributed by atoms with Crippen molar-refractivity contribution in [3.63, 3.8) is 0 Å². The Hall–Kier alpha value is -2.50. The molecule has 9 heteroatoms. The molecule has 0 radical (unpaired) electrons. The fraction of sp³-hybridized carbons (Fsp3) is 0.500. The van der Waals surface area contributed by atoms with Crippen LogP contribution in [0.1, 0.15) is 48.3 Å². The van der Waals surface area contributed by atoms with E-state index in [1.807, 2.05) is 18.2 Å². The van der Waals surface area contributed by atoms with Gasteiger partial charge >= 0.3 is 0 Å². The third-order valence-corrected chi connectivity index (χ3v) is 6.85. The van der Waals surface area contributed by atoms with E-state index in [1.165, 1.54) is 11.3 Å². The van der Waals surface area contributed by atoms with Gasteiger partial charge in [0.1, 0.15) is 12.2 Å². The Labute approximate surface area is 217 Å². The molecule has 5 rings (SSSR count). The predicted molar refractivity (Wildman–Crippen MR) is 142 cm³/mol. The number of benzene rings is 1. The molecule has 0 bridgehead atoms. The van der Waals surface area contributed by atoms with E-state index in [1.54, 1.807) is 0 Å². The lowest BCUT2D eigenvalue weighted by molar-refractivity contribution is -0.340. The Kier molecular flexibility index (Phi) is 8.73. The normalized spacial score (nSPS) is 25.5. The minimum atomic E-state index is -0.638. The summed E-state index contributed by atoms with van der Waals surface area (Å²) in [7, 11) is 0. The third-order valence-electron chi connectivity index (χ3n) is 6.85. The summed E-state index contributed by atoms with van der Waals surface area (Å²) in [5.41, 5.74) is 16.9. The zero-order valence-corrected chi connectivity index (χ0v) is 21.4. The summed E-state index contributed by atoms with van der Waals surface area (Å²) in [4.78, 5) is 6.92. The summed E-state index contributed by atoms with van der Waals surface area (Å²) in [5, 5.41) is 1.14. The molecule has 37 heavy (non-hydrogen) atoms. The Morgan fingerprint density at radius 3 is 2.22 bits per heavy atom. The van der Waals surface area contributed by atoms with Crippen LogP contribution < -0.4 is 11.5 Å². The zero-order valence-electron chi connectivity index (χ0n) is 21.4. The van der Waals surface area contributed by atoms with Gasteiger partial charge in [0.25, 0.3) is 0 Å². The van der Waals surface area contributed by atoms with E-state index in [2.05, 4.69) is 47.2 Å². The number of hydrogen-bond acceptors (Lipinski definition) is 7. The summed E-state index contributed by atoms with van der Waals surface area (Å²) in [6, 6.07) is 12.3. The van der Waals surface area contributed by atoms with Gasteiger partial charge < -0.3 is 45.1 Å². The van der Waals surface area contributed by atoms with Crippen molar-refractivity contribution >= 4 is 17.0 Å². The van der Waals surface area contributed by atoms with Crippen LogP contribution in [0.2, 0.25) is 0 Å². The third kappa shape index (κ3) is 6.32. The first-order valence-corrected chi connectivity index (χ1v) is 13.1. The number of fused-ring (bicyclic) bond motifs is 2. The summed E-state index contributed by atoms with van der Waals surface area (Å²) in [5.74, 6) is 0.461. The molecular weight excluding hydrogens is 472 g/mol. The van der Waals surface area contributed by atoms with Crippen LogP contribution in [0.3, 0.4) is 0 Å². The summed E-state index contributed by atoms with van der Waals surface area (Å²) in [6.07, 6.45) is 3.99. The molecule has 200 valence electrons. The number of nitrogens with two attached hydrogens (primary N) is 2. The quantitative estimate of drug-likeness (QED) is 0.293. The average Bonchev–Trinajstić information content (AvgIpc) is 3.53. The number of ether oxygens (including phenoxy) is 5. The van der Waals surface area contributed by atoms with Crippen molar-refractivity contribution in [1.82, 2.24) is 9.97 Å². The van der Waals surface area contributed by atoms with Crippen molar-refractivity contribution in [3.8, 4) is 0 Å². The van der Waals surface area contributed by atoms with Crippen LogP contribution in [0.5, 0.6) is 0 Å². The van der Waals surface area contributed by atoms with Crippen LogP contribution in [0, 0.1) is 0 Å². The van der Waals surface area contributed by atoms with E-state index in [-0.39, 0.29) is 12.2 Å². The molecule has 3 aromatic rings. The number of nitrogens with one attached hydrogen (secondary N) is 2. The molecule has 0 amide bonds. The van der Waals surface area contributed by atoms with Gasteiger partial charge in [0, 0.05) is 48.0 Å². The van der Waals surface area contributed by atoms with Gasteiger partial charge in [0.2, 0.25) is 0 Å². The SMILES string of the molecule is CC1CC=Cc2cc(CO[C@@H]3O[C@H](OCc4cc5ccccc5[nH]4)[C@@H](OCCN)C[C@H]3OCCN)[nH]c21. The lowest BCUT2D eigenvalue weighted by Gasteiger charge is -2.40. The van der Waals surface area contributed by atoms with Gasteiger partial charge in [0.05, 0.1) is 26.4 Å². The molecule has 2 aliphatic rings. The molecular formula is C28H38N4O5. The van der Waals surface area contributed by atoms with Gasteiger partial charge in [-0.3, -0.25) is 0 Å². The lowest BCUT2D eigenvalue weighted by Crippen LogP contribution is -2.51. The fourth-order valence-corrected chi connectivity index (χ4v) is 5.03. The van der Waals surface area contributed by atoms with Crippen molar-refractivity contribution in [1.29, 1.82) is 0 Å². The van der Waals surface area contributed by atoms with Gasteiger partial charge in [-0.25, -0.2) is 0 Å². The van der Waals surface area contributed by atoms with Crippen LogP contribution in [0.4, 0.5) is 0 Å². The van der Waals surface area contributed by atoms with Crippen molar-refractivity contribution in [2.45, 2.75) is 63.7 Å². The topological polar surface area (TPSA) is 130 Å². The molecule has 1 unspecified atom stereocenters. The number of rotatable bonds is 12. The predicted octanol–water partition coefficient (Wildman–Crippen LogP) is 3.51. The van der Waals surface area contributed by atoms with Crippen LogP contribution in [-0.4, -0.2) is 61.1 Å². The highest BCUT2D eigenvalue weighted by molar-refractivity contribution is 5.80. The molecule has 9 nitrogen and oxygen atoms in total. The van der Waals surface area contributed by atoms with E-state index in [4.69, 9.17) is 35.2 Å². The number of aromatic nitrogens is 2. The second kappa shape index (κ2) is 12.4. The monoisotopic (exact) mass is 510 g/mol. The molecule has 6 N–H and O–H groups in total. The highest BCUT2D eigenvalue weighted by Crippen LogP contribution is 2.31. The number of allylic oxidation sites excluding steroid dienone is 1. The molecule has 0 spiro atoms. The number of para-hydroxylation sites is 1. The van der Waals surface area contributed by atoms with E-state index in [0.717, 1.165) is 28.7 Å². The van der Waals surface area contributed by atoms with E-state index < -0.39 is 12.6 Å². The van der Waals surface area contributed by atoms with Crippen LogP contribution >= 0.6 is 0 Å². The molecule has 1 aromatic carbocycles. The smallest absolute Gasteiger partial charge is 0.187 e. The fourth-order valence-electron chi connectivity index (χ4n) is 5.03. The summed E-state index contributed by atoms with van der Waals surface area (Å²) < 4.78 is 30.9. The van der Waals surface area contributed by atoms with Gasteiger partial charge in [-0.15, -0.1) is 0 Å². The number of hydrogen-bond donors (Lipinski definition) is 4. The lowest BCUT2D eigenvalue weighted by atomic mass is 9.95. The molecule has 1 aliphatic heterocycles. The van der Waals surface area contributed by atoms with Crippen LogP contribution in [0.25, 0.3) is 17.0 Å². The maximum absolute atomic E-state index is 6.33. The Morgan fingerprint density at radius 2 is 1.57 bits per heavy atom. The van der Waals surface area contributed by atoms with Crippen molar-refractivity contribution < 1.29 is 23.7 Å². The molecule has 5 atom stereocenters. The molecule has 1 fully saturated rings. The second-order valence-electron chi connectivity index (χ2n) is 9.71. The molecule has 1 saturated heterocycles. The van der Waals surface area contributed by atoms with Crippen LogP contribution in [0.15, 0.2) is 42.5 Å². The molecule has 2 aromatic heterocycles. The first-order chi connectivity index (χ1) is 18.1. The highest BCUT2D eigenvalue weighted by Gasteiger charge is 2.41. The minimum Gasteiger partial charge on any atom is -0.372 e. The molecule has 3 heterocycles. The van der Waals surface area contributed by atoms with Crippen molar-refractivity contribution in [2.24, 2.45) is 11.5 Å². The summed E-state index contributed by atoms with van der Waals surface area (Å²) in [6.45, 7) is 4.54. The van der Waals surface area contributed by atoms with E-state index in [9.17, 15) is 0 Å². The standard InChI is InChI=1S/C28H38N4O5/c1-18-5-4-7-20-14-22(32-26(18)20)17-36-28-25(34-12-10-30)15-24(33-11-9-29)27(37-28)35-16-21-13-19-6-2-3-8-23(19)31-21/h2-4,6-8,13-14,18,24-25,27-28,31-32H,5,9-12,15-17,29-30H2,1H3/t18?,24-,25+,27-,28+/m0/s1. The number of H-pyrrole nitrogens is 2. The zero-order chi connectivity index (χ0) is 25.6. The Morgan fingerprint density at radius 1 is 0.892 bits per heavy atom. The van der Waals surface area contributed by atoms with Gasteiger partial charge in [-0.05, 0) is 35.6 Å². The maximum Gasteiger partial charge on any atom is 0.187 e. The molecule has 0 saturated carbocycles. The van der Waals surface area contributed by atoms with Crippen LogP contribution in [-0.2, 0) is 36.9 Å². The van der Waals surface area contributed by atoms with Crippen molar-refractivity contribution in [3.05, 3.63) is 65.1 Å². The average molecular weight is 511 g/mol. The van der Waals surface area contributed by atoms with Gasteiger partial charge in [0.15, 0.2) is 12.6 Å². The van der Waals surface area contributed by atoms with Gasteiger partial charge in [-0.1, -0.05) is 37.3 Å². The minimum absolute atomic E-state index is 0.344. The highest BCUT2D eigenvalue weighted by atomic mass is 16.8. The Bertz CT molecular complexity index is 1140. The molecule has 1 aliphatic carbocycles. The van der Waals surface area contributed by atoms with Crippen molar-refractivity contribution in [2.75, 3.05) is 26.3 Å². The number of aromatic amines is 2. The first kappa shape index (κ1) is 26.1. The Balaban J connectivity index is 1.27. The second-order valence-corrected chi connectivity index (χ2v) is 9.71. The van der Waals surface area contributed by atoms with Gasteiger partial charge in [-0.2, -0.15) is 0 Å². The maximum atomic E-state index is 6.33. The first-order valence-electron chi connectivity index (χ1n) is 13.1.